The third kappa shape index (κ3) is 3.95. The molecule has 2 fully saturated rings. The van der Waals surface area contributed by atoms with E-state index >= 15 is 0 Å². The van der Waals surface area contributed by atoms with Crippen LogP contribution < -0.4 is 0 Å². The van der Waals surface area contributed by atoms with Gasteiger partial charge in [-0.1, -0.05) is 19.3 Å². The Hall–Kier alpha value is -1.06. The van der Waals surface area contributed by atoms with Crippen molar-refractivity contribution in [2.24, 2.45) is 5.41 Å². The van der Waals surface area contributed by atoms with Gasteiger partial charge in [0.15, 0.2) is 0 Å². The summed E-state index contributed by atoms with van der Waals surface area (Å²) in [6, 6.07) is 0. The van der Waals surface area contributed by atoms with Crippen LogP contribution in [0.2, 0.25) is 0 Å². The standard InChI is InChI=1S/C15H25NO3/c17-13(16-9-5-2-6-10-16)11-15(12-14(18)19)7-3-1-4-8-15/h1-12H2,(H,18,19). The minimum atomic E-state index is -0.756. The Kier molecular flexibility index (Phi) is 4.83. The van der Waals surface area contributed by atoms with E-state index < -0.39 is 5.97 Å². The monoisotopic (exact) mass is 267 g/mol. The number of hydrogen-bond acceptors (Lipinski definition) is 2. The van der Waals surface area contributed by atoms with Gasteiger partial charge in [0.1, 0.15) is 0 Å². The molecule has 0 atom stereocenters. The summed E-state index contributed by atoms with van der Waals surface area (Å²) >= 11 is 0. The van der Waals surface area contributed by atoms with Crippen molar-refractivity contribution in [1.29, 1.82) is 0 Å². The molecule has 0 bridgehead atoms. The summed E-state index contributed by atoms with van der Waals surface area (Å²) in [5, 5.41) is 9.13. The second-order valence-corrected chi connectivity index (χ2v) is 6.25. The number of carbonyl (C=O) groups is 2. The van der Waals surface area contributed by atoms with Gasteiger partial charge in [-0.15, -0.1) is 0 Å². The molecule has 1 saturated carbocycles. The lowest BCUT2D eigenvalue weighted by Crippen LogP contribution is -2.40. The van der Waals surface area contributed by atoms with Gasteiger partial charge in [0.2, 0.25) is 5.91 Å². The van der Waals surface area contributed by atoms with Crippen LogP contribution >= 0.6 is 0 Å². The molecule has 0 aromatic rings. The Morgan fingerprint density at radius 2 is 1.47 bits per heavy atom. The van der Waals surface area contributed by atoms with E-state index in [9.17, 15) is 9.59 Å². The van der Waals surface area contributed by atoms with Crippen LogP contribution in [0.4, 0.5) is 0 Å². The lowest BCUT2D eigenvalue weighted by Gasteiger charge is -2.38. The maximum Gasteiger partial charge on any atom is 0.303 e. The normalized spacial score (nSPS) is 23.1. The van der Waals surface area contributed by atoms with Gasteiger partial charge in [0, 0.05) is 19.5 Å². The number of carbonyl (C=O) groups excluding carboxylic acids is 1. The zero-order valence-electron chi connectivity index (χ0n) is 11.7. The van der Waals surface area contributed by atoms with E-state index in [-0.39, 0.29) is 17.7 Å². The number of amides is 1. The number of nitrogens with zero attached hydrogens (tertiary/aromatic N) is 1. The second kappa shape index (κ2) is 6.40. The molecule has 1 amide bonds. The molecule has 0 radical (unpaired) electrons. The van der Waals surface area contributed by atoms with Crippen LogP contribution in [0.15, 0.2) is 0 Å². The SMILES string of the molecule is O=C(O)CC1(CC(=O)N2CCCCC2)CCCCC1. The first-order valence-corrected chi connectivity index (χ1v) is 7.61. The third-order valence-electron chi connectivity index (χ3n) is 4.68. The number of hydrogen-bond donors (Lipinski definition) is 1. The fourth-order valence-electron chi connectivity index (χ4n) is 3.61. The summed E-state index contributed by atoms with van der Waals surface area (Å²) in [4.78, 5) is 25.4. The third-order valence-corrected chi connectivity index (χ3v) is 4.68. The molecule has 1 saturated heterocycles. The van der Waals surface area contributed by atoms with Crippen LogP contribution in [-0.4, -0.2) is 35.0 Å². The predicted molar refractivity (Wildman–Crippen MR) is 72.8 cm³/mol. The van der Waals surface area contributed by atoms with E-state index in [1.165, 1.54) is 12.8 Å². The van der Waals surface area contributed by atoms with Crippen molar-refractivity contribution in [3.63, 3.8) is 0 Å². The average molecular weight is 267 g/mol. The first kappa shape index (κ1) is 14.4. The van der Waals surface area contributed by atoms with Crippen LogP contribution in [0.25, 0.3) is 0 Å². The molecule has 19 heavy (non-hydrogen) atoms. The second-order valence-electron chi connectivity index (χ2n) is 6.25. The highest BCUT2D eigenvalue weighted by Crippen LogP contribution is 2.42. The lowest BCUT2D eigenvalue weighted by atomic mass is 9.69. The molecule has 0 aromatic heterocycles. The van der Waals surface area contributed by atoms with Gasteiger partial charge in [-0.2, -0.15) is 0 Å². The Morgan fingerprint density at radius 3 is 2.05 bits per heavy atom. The maximum atomic E-state index is 12.4. The number of piperidine rings is 1. The fraction of sp³-hybridized carbons (Fsp3) is 0.867. The van der Waals surface area contributed by atoms with Crippen molar-refractivity contribution >= 4 is 11.9 Å². The molecule has 0 aromatic carbocycles. The molecule has 2 rings (SSSR count). The average Bonchev–Trinajstić information content (AvgIpc) is 2.39. The van der Waals surface area contributed by atoms with Crippen LogP contribution in [0, 0.1) is 5.41 Å². The molecule has 108 valence electrons. The first-order valence-electron chi connectivity index (χ1n) is 7.61. The number of aliphatic carboxylic acids is 1. The highest BCUT2D eigenvalue weighted by atomic mass is 16.4. The Morgan fingerprint density at radius 1 is 0.895 bits per heavy atom. The van der Waals surface area contributed by atoms with Gasteiger partial charge >= 0.3 is 5.97 Å². The summed E-state index contributed by atoms with van der Waals surface area (Å²) in [5.41, 5.74) is -0.265. The predicted octanol–water partition coefficient (Wildman–Crippen LogP) is 2.81. The van der Waals surface area contributed by atoms with Gasteiger partial charge in [0.25, 0.3) is 0 Å². The molecule has 1 aliphatic carbocycles. The van der Waals surface area contributed by atoms with Crippen molar-refractivity contribution in [1.82, 2.24) is 4.90 Å². The zero-order valence-corrected chi connectivity index (χ0v) is 11.7. The van der Waals surface area contributed by atoms with Gasteiger partial charge in [-0.3, -0.25) is 9.59 Å². The largest absolute Gasteiger partial charge is 0.481 e. The topological polar surface area (TPSA) is 57.6 Å². The van der Waals surface area contributed by atoms with Crippen molar-refractivity contribution < 1.29 is 14.7 Å². The number of carboxylic acid groups (broad SMARTS) is 1. The van der Waals surface area contributed by atoms with E-state index in [1.54, 1.807) is 0 Å². The molecule has 1 heterocycles. The van der Waals surface area contributed by atoms with Crippen LogP contribution in [-0.2, 0) is 9.59 Å². The number of likely N-dealkylation sites (tertiary alicyclic amines) is 1. The minimum absolute atomic E-state index is 0.159. The highest BCUT2D eigenvalue weighted by molar-refractivity contribution is 5.78. The van der Waals surface area contributed by atoms with E-state index in [0.29, 0.717) is 6.42 Å². The number of rotatable bonds is 4. The quantitative estimate of drug-likeness (QED) is 0.852. The molecule has 0 unspecified atom stereocenters. The maximum absolute atomic E-state index is 12.4. The molecule has 2 aliphatic rings. The molecular weight excluding hydrogens is 242 g/mol. The van der Waals surface area contributed by atoms with Gasteiger partial charge in [-0.25, -0.2) is 0 Å². The van der Waals surface area contributed by atoms with Gasteiger partial charge in [0.05, 0.1) is 6.42 Å². The van der Waals surface area contributed by atoms with Crippen molar-refractivity contribution in [3.05, 3.63) is 0 Å². The van der Waals surface area contributed by atoms with Crippen LogP contribution in [0.1, 0.15) is 64.2 Å². The van der Waals surface area contributed by atoms with Crippen molar-refractivity contribution in [2.45, 2.75) is 64.2 Å². The van der Waals surface area contributed by atoms with Gasteiger partial charge < -0.3 is 10.0 Å². The first-order chi connectivity index (χ1) is 9.11. The molecule has 4 heteroatoms. The van der Waals surface area contributed by atoms with Crippen LogP contribution in [0.3, 0.4) is 0 Å². The van der Waals surface area contributed by atoms with E-state index in [0.717, 1.165) is 51.6 Å². The van der Waals surface area contributed by atoms with Gasteiger partial charge in [-0.05, 0) is 37.5 Å². The fourth-order valence-corrected chi connectivity index (χ4v) is 3.61. The minimum Gasteiger partial charge on any atom is -0.481 e. The Bertz CT molecular complexity index is 328. The number of carboxylic acids is 1. The molecule has 4 nitrogen and oxygen atoms in total. The highest BCUT2D eigenvalue weighted by Gasteiger charge is 2.37. The van der Waals surface area contributed by atoms with Crippen LogP contribution in [0.5, 0.6) is 0 Å². The Balaban J connectivity index is 1.98. The summed E-state index contributed by atoms with van der Waals surface area (Å²) in [6.45, 7) is 1.73. The summed E-state index contributed by atoms with van der Waals surface area (Å²) in [6.07, 6.45) is 9.13. The summed E-state index contributed by atoms with van der Waals surface area (Å²) < 4.78 is 0. The van der Waals surface area contributed by atoms with Crippen molar-refractivity contribution in [3.8, 4) is 0 Å². The molecular formula is C15H25NO3. The Labute approximate surface area is 115 Å². The molecule has 1 N–H and O–H groups in total. The van der Waals surface area contributed by atoms with E-state index in [4.69, 9.17) is 5.11 Å². The van der Waals surface area contributed by atoms with E-state index in [2.05, 4.69) is 0 Å². The molecule has 1 aliphatic heterocycles. The molecule has 0 spiro atoms. The lowest BCUT2D eigenvalue weighted by molar-refractivity contribution is -0.142. The zero-order chi connectivity index (χ0) is 13.7. The van der Waals surface area contributed by atoms with Crippen molar-refractivity contribution in [2.75, 3.05) is 13.1 Å². The summed E-state index contributed by atoms with van der Waals surface area (Å²) in [5.74, 6) is -0.573. The van der Waals surface area contributed by atoms with E-state index in [1.807, 2.05) is 4.90 Å². The smallest absolute Gasteiger partial charge is 0.303 e. The summed E-state index contributed by atoms with van der Waals surface area (Å²) in [7, 11) is 0.